The number of benzene rings is 2. The second-order valence-corrected chi connectivity index (χ2v) is 6.39. The lowest BCUT2D eigenvalue weighted by Crippen LogP contribution is -2.32. The van der Waals surface area contributed by atoms with Crippen molar-refractivity contribution in [2.75, 3.05) is 13.2 Å². The Morgan fingerprint density at radius 3 is 2.27 bits per heavy atom. The first-order chi connectivity index (χ1) is 12.4. The third kappa shape index (κ3) is 5.32. The zero-order valence-electron chi connectivity index (χ0n) is 15.1. The Labute approximate surface area is 153 Å². The first-order valence-electron chi connectivity index (χ1n) is 8.52. The largest absolute Gasteiger partial charge is 0.483 e. The predicted octanol–water partition coefficient (Wildman–Crippen LogP) is 2.10. The van der Waals surface area contributed by atoms with Crippen molar-refractivity contribution in [3.05, 3.63) is 65.2 Å². The average Bonchev–Trinajstić information content (AvgIpc) is 2.64. The minimum absolute atomic E-state index is 0.282. The molecule has 1 unspecified atom stereocenters. The molecule has 0 aliphatic carbocycles. The molecule has 1 atom stereocenters. The van der Waals surface area contributed by atoms with Crippen LogP contribution < -0.4 is 21.5 Å². The predicted molar refractivity (Wildman–Crippen MR) is 101 cm³/mol. The molecular formula is C20H25N3O3. The van der Waals surface area contributed by atoms with Gasteiger partial charge < -0.3 is 21.5 Å². The summed E-state index contributed by atoms with van der Waals surface area (Å²) in [7, 11) is 0. The Bertz CT molecular complexity index is 757. The number of nitrogens with two attached hydrogens (primary N) is 2. The first-order valence-corrected chi connectivity index (χ1v) is 8.52. The second kappa shape index (κ2) is 9.01. The summed E-state index contributed by atoms with van der Waals surface area (Å²) in [6, 6.07) is 14.4. The van der Waals surface area contributed by atoms with Gasteiger partial charge in [-0.3, -0.25) is 9.59 Å². The van der Waals surface area contributed by atoms with E-state index in [1.165, 1.54) is 5.56 Å². The molecule has 0 fully saturated rings. The molecule has 2 aromatic carbocycles. The van der Waals surface area contributed by atoms with Gasteiger partial charge in [-0.25, -0.2) is 0 Å². The number of hydrogen-bond acceptors (Lipinski definition) is 4. The summed E-state index contributed by atoms with van der Waals surface area (Å²) in [6.45, 7) is 4.26. The number of rotatable bonds is 8. The maximum Gasteiger partial charge on any atom is 0.255 e. The van der Waals surface area contributed by atoms with Gasteiger partial charge in [0, 0.05) is 12.6 Å². The lowest BCUT2D eigenvalue weighted by Gasteiger charge is -2.15. The molecule has 0 radical (unpaired) electrons. The van der Waals surface area contributed by atoms with Crippen LogP contribution in [-0.4, -0.2) is 25.0 Å². The fraction of sp³-hybridized carbons (Fsp3) is 0.300. The lowest BCUT2D eigenvalue weighted by atomic mass is 9.99. The van der Waals surface area contributed by atoms with Crippen molar-refractivity contribution in [3.8, 4) is 5.75 Å². The molecule has 26 heavy (non-hydrogen) atoms. The third-order valence-electron chi connectivity index (χ3n) is 4.02. The summed E-state index contributed by atoms with van der Waals surface area (Å²) in [5.41, 5.74) is 13.8. The third-order valence-corrected chi connectivity index (χ3v) is 4.02. The molecule has 6 nitrogen and oxygen atoms in total. The Hall–Kier alpha value is -2.86. The quantitative estimate of drug-likeness (QED) is 0.674. The molecule has 0 aliphatic rings. The van der Waals surface area contributed by atoms with Gasteiger partial charge in [-0.15, -0.1) is 0 Å². The molecule has 2 amide bonds. The topological polar surface area (TPSA) is 107 Å². The number of carbonyl (C=O) groups is 2. The SMILES string of the molecule is CC(C)c1ccc(C(N)CNC(=O)c2ccccc2OCC(N)=O)cc1. The first kappa shape index (κ1) is 19.5. The van der Waals surface area contributed by atoms with E-state index in [9.17, 15) is 9.59 Å². The van der Waals surface area contributed by atoms with E-state index >= 15 is 0 Å². The van der Waals surface area contributed by atoms with Crippen LogP contribution in [0.4, 0.5) is 0 Å². The van der Waals surface area contributed by atoms with Gasteiger partial charge in [0.1, 0.15) is 5.75 Å². The van der Waals surface area contributed by atoms with Crippen LogP contribution in [0.2, 0.25) is 0 Å². The van der Waals surface area contributed by atoms with Crippen LogP contribution in [0.5, 0.6) is 5.75 Å². The maximum absolute atomic E-state index is 12.4. The van der Waals surface area contributed by atoms with Crippen LogP contribution in [0.15, 0.2) is 48.5 Å². The average molecular weight is 355 g/mol. The Kier molecular flexibility index (Phi) is 6.74. The van der Waals surface area contributed by atoms with Crippen molar-refractivity contribution in [3.63, 3.8) is 0 Å². The smallest absolute Gasteiger partial charge is 0.255 e. The normalized spacial score (nSPS) is 11.8. The van der Waals surface area contributed by atoms with Crippen LogP contribution in [0.1, 0.15) is 47.3 Å². The number of primary amides is 1. The minimum atomic E-state index is -0.605. The van der Waals surface area contributed by atoms with Gasteiger partial charge in [-0.2, -0.15) is 0 Å². The number of ether oxygens (including phenoxy) is 1. The van der Waals surface area contributed by atoms with Crippen LogP contribution >= 0.6 is 0 Å². The van der Waals surface area contributed by atoms with E-state index in [0.717, 1.165) is 5.56 Å². The number of hydrogen-bond donors (Lipinski definition) is 3. The highest BCUT2D eigenvalue weighted by molar-refractivity contribution is 5.97. The van der Waals surface area contributed by atoms with E-state index < -0.39 is 5.91 Å². The van der Waals surface area contributed by atoms with E-state index in [1.807, 2.05) is 12.1 Å². The van der Waals surface area contributed by atoms with E-state index in [4.69, 9.17) is 16.2 Å². The van der Waals surface area contributed by atoms with Gasteiger partial charge in [0.25, 0.3) is 11.8 Å². The van der Waals surface area contributed by atoms with Crippen LogP contribution in [0.25, 0.3) is 0 Å². The Morgan fingerprint density at radius 1 is 1.04 bits per heavy atom. The van der Waals surface area contributed by atoms with Gasteiger partial charge >= 0.3 is 0 Å². The second-order valence-electron chi connectivity index (χ2n) is 6.39. The zero-order valence-corrected chi connectivity index (χ0v) is 15.1. The number of carbonyl (C=O) groups excluding carboxylic acids is 2. The standard InChI is InChI=1S/C20H25N3O3/c1-13(2)14-7-9-15(10-8-14)17(21)11-23-20(25)16-5-3-4-6-18(16)26-12-19(22)24/h3-10,13,17H,11-12,21H2,1-2H3,(H2,22,24)(H,23,25). The van der Waals surface area contributed by atoms with Crippen molar-refractivity contribution in [1.82, 2.24) is 5.32 Å². The molecule has 2 rings (SSSR count). The van der Waals surface area contributed by atoms with Crippen molar-refractivity contribution in [2.24, 2.45) is 11.5 Å². The van der Waals surface area contributed by atoms with Gasteiger partial charge in [-0.05, 0) is 29.2 Å². The van der Waals surface area contributed by atoms with Crippen LogP contribution in [-0.2, 0) is 4.79 Å². The summed E-state index contributed by atoms with van der Waals surface area (Å²) < 4.78 is 5.28. The molecule has 0 aliphatic heterocycles. The van der Waals surface area contributed by atoms with E-state index in [1.54, 1.807) is 24.3 Å². The molecule has 6 heteroatoms. The molecular weight excluding hydrogens is 330 g/mol. The fourth-order valence-corrected chi connectivity index (χ4v) is 2.47. The summed E-state index contributed by atoms with van der Waals surface area (Å²) in [5.74, 6) is -0.165. The molecule has 0 bridgehead atoms. The van der Waals surface area contributed by atoms with Gasteiger partial charge in [0.15, 0.2) is 6.61 Å². The summed E-state index contributed by atoms with van der Waals surface area (Å²) in [6.07, 6.45) is 0. The van der Waals surface area contributed by atoms with Crippen molar-refractivity contribution in [2.45, 2.75) is 25.8 Å². The summed E-state index contributed by atoms with van der Waals surface area (Å²) >= 11 is 0. The Morgan fingerprint density at radius 2 is 1.65 bits per heavy atom. The highest BCUT2D eigenvalue weighted by Crippen LogP contribution is 2.19. The van der Waals surface area contributed by atoms with E-state index in [-0.39, 0.29) is 25.1 Å². The van der Waals surface area contributed by atoms with Gasteiger partial charge in [-0.1, -0.05) is 50.2 Å². The fourth-order valence-electron chi connectivity index (χ4n) is 2.47. The minimum Gasteiger partial charge on any atom is -0.483 e. The van der Waals surface area contributed by atoms with Gasteiger partial charge in [0.2, 0.25) is 0 Å². The lowest BCUT2D eigenvalue weighted by molar-refractivity contribution is -0.119. The van der Waals surface area contributed by atoms with E-state index in [0.29, 0.717) is 17.2 Å². The van der Waals surface area contributed by atoms with E-state index in [2.05, 4.69) is 31.3 Å². The van der Waals surface area contributed by atoms with Crippen molar-refractivity contribution >= 4 is 11.8 Å². The number of nitrogens with one attached hydrogen (secondary N) is 1. The molecule has 0 saturated carbocycles. The highest BCUT2D eigenvalue weighted by atomic mass is 16.5. The van der Waals surface area contributed by atoms with Crippen LogP contribution in [0.3, 0.4) is 0 Å². The molecule has 0 aromatic heterocycles. The maximum atomic E-state index is 12.4. The molecule has 2 aromatic rings. The monoisotopic (exact) mass is 355 g/mol. The zero-order chi connectivity index (χ0) is 19.1. The molecule has 138 valence electrons. The molecule has 0 saturated heterocycles. The van der Waals surface area contributed by atoms with Crippen molar-refractivity contribution in [1.29, 1.82) is 0 Å². The summed E-state index contributed by atoms with van der Waals surface area (Å²) in [4.78, 5) is 23.3. The molecule has 5 N–H and O–H groups in total. The van der Waals surface area contributed by atoms with Crippen LogP contribution in [0, 0.1) is 0 Å². The summed E-state index contributed by atoms with van der Waals surface area (Å²) in [5, 5.41) is 2.80. The number of amides is 2. The molecule has 0 spiro atoms. The number of para-hydroxylation sites is 1. The molecule has 0 heterocycles. The Balaban J connectivity index is 1.98. The van der Waals surface area contributed by atoms with Crippen molar-refractivity contribution < 1.29 is 14.3 Å². The van der Waals surface area contributed by atoms with Gasteiger partial charge in [0.05, 0.1) is 5.56 Å². The highest BCUT2D eigenvalue weighted by Gasteiger charge is 2.14.